The van der Waals surface area contributed by atoms with Crippen molar-refractivity contribution < 1.29 is 0 Å². The van der Waals surface area contributed by atoms with Crippen LogP contribution in [0.4, 0.5) is 0 Å². The highest BCUT2D eigenvalue weighted by atomic mass is 15.1. The lowest BCUT2D eigenvalue weighted by molar-refractivity contribution is 0.248. The molecule has 0 radical (unpaired) electrons. The minimum atomic E-state index is 1.08. The second-order valence-electron chi connectivity index (χ2n) is 10.7. The van der Waals surface area contributed by atoms with Crippen molar-refractivity contribution in [2.75, 3.05) is 13.1 Å². The molecule has 0 atom stereocenters. The predicted octanol–water partition coefficient (Wildman–Crippen LogP) is 7.97. The highest BCUT2D eigenvalue weighted by Gasteiger charge is 2.25. The van der Waals surface area contributed by atoms with Crippen molar-refractivity contribution in [2.24, 2.45) is 0 Å². The Morgan fingerprint density at radius 2 is 0.794 bits per heavy atom. The Hall–Kier alpha value is -2.68. The van der Waals surface area contributed by atoms with Crippen molar-refractivity contribution in [2.45, 2.75) is 65.7 Å². The molecule has 0 saturated heterocycles. The summed E-state index contributed by atoms with van der Waals surface area (Å²) >= 11 is 0. The normalized spacial score (nSPS) is 16.5. The topological polar surface area (TPSA) is 6.48 Å². The maximum atomic E-state index is 2.63. The number of hydrogen-bond donors (Lipinski definition) is 0. The second kappa shape index (κ2) is 7.93. The zero-order valence-corrected chi connectivity index (χ0v) is 20.6. The van der Waals surface area contributed by atoms with Crippen LogP contribution in [0.25, 0.3) is 43.1 Å². The molecule has 7 rings (SSSR count). The minimum Gasteiger partial charge on any atom is -0.295 e. The molecule has 0 bridgehead atoms. The summed E-state index contributed by atoms with van der Waals surface area (Å²) in [6, 6.07) is 19.4. The fourth-order valence-corrected chi connectivity index (χ4v) is 6.87. The van der Waals surface area contributed by atoms with Crippen molar-refractivity contribution in [3.05, 3.63) is 70.8 Å². The summed E-state index contributed by atoms with van der Waals surface area (Å²) in [4.78, 5) is 5.27. The molecular formula is C32H34N2. The Morgan fingerprint density at radius 1 is 0.471 bits per heavy atom. The van der Waals surface area contributed by atoms with Crippen LogP contribution < -0.4 is 0 Å². The van der Waals surface area contributed by atoms with Gasteiger partial charge in [0.15, 0.2) is 0 Å². The third-order valence-electron chi connectivity index (χ3n) is 8.48. The molecule has 2 aliphatic heterocycles. The van der Waals surface area contributed by atoms with Gasteiger partial charge in [-0.25, -0.2) is 0 Å². The summed E-state index contributed by atoms with van der Waals surface area (Å²) in [5, 5.41) is 11.9. The molecule has 2 heterocycles. The van der Waals surface area contributed by atoms with Crippen molar-refractivity contribution >= 4 is 43.1 Å². The van der Waals surface area contributed by atoms with Crippen LogP contribution in [0.15, 0.2) is 48.5 Å². The molecule has 5 aromatic carbocycles. The summed E-state index contributed by atoms with van der Waals surface area (Å²) in [6.07, 6.45) is 5.09. The quantitative estimate of drug-likeness (QED) is 0.193. The van der Waals surface area contributed by atoms with Crippen molar-refractivity contribution in [1.82, 2.24) is 9.80 Å². The fraction of sp³-hybridized carbons (Fsp3) is 0.375. The first kappa shape index (κ1) is 20.7. The summed E-state index contributed by atoms with van der Waals surface area (Å²) < 4.78 is 0. The summed E-state index contributed by atoms with van der Waals surface area (Å²) in [5.41, 5.74) is 6.05. The number of fused-ring (bicyclic) bond motifs is 2. The lowest BCUT2D eigenvalue weighted by Crippen LogP contribution is -2.27. The third-order valence-corrected chi connectivity index (χ3v) is 8.48. The molecule has 0 N–H and O–H groups in total. The Balaban J connectivity index is 1.46. The zero-order valence-electron chi connectivity index (χ0n) is 20.6. The van der Waals surface area contributed by atoms with Crippen LogP contribution in [0.1, 0.15) is 61.8 Å². The minimum absolute atomic E-state index is 1.08. The molecule has 34 heavy (non-hydrogen) atoms. The Kier molecular flexibility index (Phi) is 4.82. The van der Waals surface area contributed by atoms with E-state index >= 15 is 0 Å². The van der Waals surface area contributed by atoms with Crippen molar-refractivity contribution in [3.63, 3.8) is 0 Å². The van der Waals surface area contributed by atoms with Crippen LogP contribution in [0.2, 0.25) is 0 Å². The maximum absolute atomic E-state index is 2.63. The van der Waals surface area contributed by atoms with E-state index < -0.39 is 0 Å². The Bertz CT molecular complexity index is 1330. The van der Waals surface area contributed by atoms with E-state index in [1.54, 1.807) is 0 Å². The average molecular weight is 447 g/mol. The Labute approximate surface area is 202 Å². The third kappa shape index (κ3) is 2.95. The van der Waals surface area contributed by atoms with Gasteiger partial charge < -0.3 is 0 Å². The summed E-state index contributed by atoms with van der Waals surface area (Å²) in [6.45, 7) is 11.3. The molecular weight excluding hydrogens is 412 g/mol. The molecule has 0 aliphatic carbocycles. The SMILES string of the molecule is CCCCN1Cc2ccc3c4ccc5c6c(ccc(c7ccc(c2c37)C1)c64)CN(CCCC)C5. The van der Waals surface area contributed by atoms with E-state index in [4.69, 9.17) is 0 Å². The standard InChI is InChI=1S/C32H34N2/c1-3-5-15-33-17-21-7-11-25-27-13-9-23-19-34(16-6-4-2)20-24-10-14-28(32(27)30(23)24)26-12-8-22(18-33)29(21)31(25)26/h7-14H,3-6,15-20H2,1-2H3. The molecule has 5 aromatic rings. The predicted molar refractivity (Wildman–Crippen MR) is 146 cm³/mol. The molecule has 0 saturated carbocycles. The first-order valence-electron chi connectivity index (χ1n) is 13.4. The highest BCUT2D eigenvalue weighted by Crippen LogP contribution is 2.46. The smallest absolute Gasteiger partial charge is 0.0243 e. The van der Waals surface area contributed by atoms with Gasteiger partial charge in [-0.1, -0.05) is 75.2 Å². The lowest BCUT2D eigenvalue weighted by Gasteiger charge is -2.32. The largest absolute Gasteiger partial charge is 0.295 e. The fourth-order valence-electron chi connectivity index (χ4n) is 6.87. The summed E-state index contributed by atoms with van der Waals surface area (Å²) in [5.74, 6) is 0. The van der Waals surface area contributed by atoms with Gasteiger partial charge in [-0.3, -0.25) is 9.80 Å². The average Bonchev–Trinajstić information content (AvgIpc) is 2.87. The van der Waals surface area contributed by atoms with E-state index in [9.17, 15) is 0 Å². The van der Waals surface area contributed by atoms with Gasteiger partial charge in [0.05, 0.1) is 0 Å². The van der Waals surface area contributed by atoms with E-state index in [-0.39, 0.29) is 0 Å². The van der Waals surface area contributed by atoms with Gasteiger partial charge >= 0.3 is 0 Å². The van der Waals surface area contributed by atoms with Gasteiger partial charge in [0.1, 0.15) is 0 Å². The molecule has 0 spiro atoms. The lowest BCUT2D eigenvalue weighted by atomic mass is 9.83. The van der Waals surface area contributed by atoms with Crippen LogP contribution >= 0.6 is 0 Å². The first-order valence-corrected chi connectivity index (χ1v) is 13.4. The van der Waals surface area contributed by atoms with Crippen LogP contribution in [-0.4, -0.2) is 22.9 Å². The van der Waals surface area contributed by atoms with E-state index in [2.05, 4.69) is 72.2 Å². The van der Waals surface area contributed by atoms with Gasteiger partial charge in [-0.2, -0.15) is 0 Å². The van der Waals surface area contributed by atoms with Gasteiger partial charge in [0, 0.05) is 26.2 Å². The number of rotatable bonds is 6. The molecule has 2 heteroatoms. The van der Waals surface area contributed by atoms with Crippen LogP contribution in [0, 0.1) is 0 Å². The monoisotopic (exact) mass is 446 g/mol. The molecule has 2 nitrogen and oxygen atoms in total. The molecule has 0 amide bonds. The second-order valence-corrected chi connectivity index (χ2v) is 10.7. The van der Waals surface area contributed by atoms with E-state index in [1.807, 2.05) is 0 Å². The van der Waals surface area contributed by atoms with E-state index in [0.717, 1.165) is 26.2 Å². The first-order chi connectivity index (χ1) is 16.8. The number of benzene rings is 5. The van der Waals surface area contributed by atoms with Gasteiger partial charge in [0.25, 0.3) is 0 Å². The molecule has 172 valence electrons. The number of hydrogen-bond acceptors (Lipinski definition) is 2. The zero-order chi connectivity index (χ0) is 22.8. The van der Waals surface area contributed by atoms with Crippen molar-refractivity contribution in [1.29, 1.82) is 0 Å². The number of nitrogens with zero attached hydrogens (tertiary/aromatic N) is 2. The van der Waals surface area contributed by atoms with Crippen LogP contribution in [0.5, 0.6) is 0 Å². The van der Waals surface area contributed by atoms with E-state index in [1.165, 1.54) is 104 Å². The van der Waals surface area contributed by atoms with Crippen molar-refractivity contribution in [3.8, 4) is 0 Å². The molecule has 0 unspecified atom stereocenters. The molecule has 2 aliphatic rings. The van der Waals surface area contributed by atoms with Gasteiger partial charge in [-0.15, -0.1) is 0 Å². The van der Waals surface area contributed by atoms with E-state index in [0.29, 0.717) is 0 Å². The number of unbranched alkanes of at least 4 members (excludes halogenated alkanes) is 2. The maximum Gasteiger partial charge on any atom is 0.0243 e. The highest BCUT2D eigenvalue weighted by molar-refractivity contribution is 6.34. The van der Waals surface area contributed by atoms with Gasteiger partial charge in [-0.05, 0) is 91.3 Å². The van der Waals surface area contributed by atoms with Crippen LogP contribution in [0.3, 0.4) is 0 Å². The summed E-state index contributed by atoms with van der Waals surface area (Å²) in [7, 11) is 0. The molecule has 0 fully saturated rings. The Morgan fingerprint density at radius 3 is 1.09 bits per heavy atom. The van der Waals surface area contributed by atoms with Crippen LogP contribution in [-0.2, 0) is 26.2 Å². The van der Waals surface area contributed by atoms with Gasteiger partial charge in [0.2, 0.25) is 0 Å². The molecule has 0 aromatic heterocycles.